The fourth-order valence-electron chi connectivity index (χ4n) is 8.44. The van der Waals surface area contributed by atoms with Crippen LogP contribution in [0.5, 0.6) is 5.75 Å². The Morgan fingerprint density at radius 1 is 1.02 bits per heavy atom. The van der Waals surface area contributed by atoms with E-state index in [2.05, 4.69) is 26.3 Å². The predicted molar refractivity (Wildman–Crippen MR) is 221 cm³/mol. The molecule has 2 saturated heterocycles. The highest BCUT2D eigenvalue weighted by atomic mass is 16.6. The van der Waals surface area contributed by atoms with Crippen LogP contribution in [0.25, 0.3) is 6.08 Å². The number of aliphatic hydroxyl groups excluding tert-OH is 3. The van der Waals surface area contributed by atoms with Crippen molar-refractivity contribution in [1.82, 2.24) is 30.9 Å². The average Bonchev–Trinajstić information content (AvgIpc) is 3.73. The van der Waals surface area contributed by atoms with Crippen molar-refractivity contribution in [3.8, 4) is 5.75 Å². The number of carbonyl (C=O) groups excluding carboxylic acids is 3. The summed E-state index contributed by atoms with van der Waals surface area (Å²) < 4.78 is 13.0. The summed E-state index contributed by atoms with van der Waals surface area (Å²) >= 11 is 0. The van der Waals surface area contributed by atoms with E-state index >= 15 is 0 Å². The molecule has 1 aromatic heterocycles. The number of aryl methyl sites for hydroxylation is 2. The number of hydrogen-bond acceptors (Lipinski definition) is 12. The molecular weight excluding hydrogens is 789 g/mol. The van der Waals surface area contributed by atoms with Crippen LogP contribution < -0.4 is 16.0 Å². The molecule has 3 aliphatic rings. The smallest absolute Gasteiger partial charge is 0.336 e. The molecule has 0 spiro atoms. The minimum absolute atomic E-state index is 0.0400. The number of aromatic nitrogens is 3. The van der Waals surface area contributed by atoms with E-state index in [1.54, 1.807) is 44.3 Å². The summed E-state index contributed by atoms with van der Waals surface area (Å²) in [4.78, 5) is 52.2. The maximum absolute atomic E-state index is 13.5. The van der Waals surface area contributed by atoms with Crippen molar-refractivity contribution in [3.63, 3.8) is 0 Å². The van der Waals surface area contributed by atoms with E-state index in [-0.39, 0.29) is 48.6 Å². The molecule has 3 aromatic rings. The zero-order chi connectivity index (χ0) is 43.7. The number of aliphatic carboxylic acids is 1. The molecule has 2 aromatic carbocycles. The minimum atomic E-state index is -2.11. The lowest BCUT2D eigenvalue weighted by Crippen LogP contribution is -2.67. The second-order valence-corrected chi connectivity index (χ2v) is 16.6. The van der Waals surface area contributed by atoms with Crippen LogP contribution in [0.2, 0.25) is 0 Å². The molecule has 0 bridgehead atoms. The standard InChI is InChI=1S/C44H58N6O11/c1-26-17-32(18-27(2)38(26)54)42(57)46-22-35(52)39(55)40-37(47-36(53)24-50-23-33(48-49-50)30-12-4-3-5-13-30)34(51)20-44(61-40,43(58)59)15-7-11-28-9-6-10-29(19-28)21-45-41(56)31-14-8-16-60-25-31/h6-7,9-11,17-19,23,30-31,34-35,37,39-40,51-52,54-55H,3-5,8,12-16,20-22,24-25H2,1-2H3,(H,45,56)(H,46,57)(H,47,53)(H,58,59)/b11-7+/t31?,34-,35+,37+,39+,40+,44+/m0/s1. The summed E-state index contributed by atoms with van der Waals surface area (Å²) in [7, 11) is 0. The molecule has 330 valence electrons. The van der Waals surface area contributed by atoms with Gasteiger partial charge in [0.1, 0.15) is 24.5 Å². The Labute approximate surface area is 354 Å². The fraction of sp³-hybridized carbons (Fsp3) is 0.545. The molecule has 6 rings (SSSR count). The van der Waals surface area contributed by atoms with Crippen LogP contribution in [-0.2, 0) is 36.9 Å². The highest BCUT2D eigenvalue weighted by Gasteiger charge is 2.54. The topological polar surface area (TPSA) is 255 Å². The molecule has 2 aliphatic heterocycles. The fourth-order valence-corrected chi connectivity index (χ4v) is 8.44. The van der Waals surface area contributed by atoms with Crippen molar-refractivity contribution in [2.75, 3.05) is 19.8 Å². The van der Waals surface area contributed by atoms with Gasteiger partial charge in [-0.15, -0.1) is 5.10 Å². The molecule has 1 unspecified atom stereocenters. The number of aliphatic hydroxyl groups is 3. The highest BCUT2D eigenvalue weighted by Crippen LogP contribution is 2.36. The number of hydrogen-bond donors (Lipinski definition) is 8. The molecule has 0 radical (unpaired) electrons. The van der Waals surface area contributed by atoms with Gasteiger partial charge in [-0.3, -0.25) is 14.4 Å². The third-order valence-electron chi connectivity index (χ3n) is 11.9. The van der Waals surface area contributed by atoms with E-state index in [9.17, 15) is 44.7 Å². The van der Waals surface area contributed by atoms with Crippen LogP contribution in [0.15, 0.2) is 48.7 Å². The van der Waals surface area contributed by atoms with Gasteiger partial charge >= 0.3 is 5.97 Å². The molecule has 1 saturated carbocycles. The number of carbonyl (C=O) groups is 4. The van der Waals surface area contributed by atoms with E-state index in [1.807, 2.05) is 12.1 Å². The average molecular weight is 847 g/mol. The van der Waals surface area contributed by atoms with Crippen molar-refractivity contribution in [2.45, 2.75) is 127 Å². The summed E-state index contributed by atoms with van der Waals surface area (Å²) in [6.45, 7) is 3.79. The van der Waals surface area contributed by atoms with Crippen LogP contribution in [-0.4, -0.2) is 120 Å². The van der Waals surface area contributed by atoms with Crippen molar-refractivity contribution in [3.05, 3.63) is 82.2 Å². The molecule has 1 aliphatic carbocycles. The van der Waals surface area contributed by atoms with Crippen molar-refractivity contribution in [2.24, 2.45) is 5.92 Å². The lowest BCUT2D eigenvalue weighted by atomic mass is 9.81. The van der Waals surface area contributed by atoms with Gasteiger partial charge in [0, 0.05) is 50.2 Å². The number of rotatable bonds is 16. The van der Waals surface area contributed by atoms with Gasteiger partial charge in [0.15, 0.2) is 5.60 Å². The Bertz CT molecular complexity index is 2020. The molecule has 3 amide bonds. The van der Waals surface area contributed by atoms with Gasteiger partial charge in [-0.25, -0.2) is 9.48 Å². The molecule has 17 nitrogen and oxygen atoms in total. The normalized spacial score (nSPS) is 24.5. The molecule has 8 N–H and O–H groups in total. The first-order chi connectivity index (χ1) is 29.2. The number of phenolic OH excluding ortho intramolecular Hbond substituents is 1. The number of phenols is 1. The van der Waals surface area contributed by atoms with Crippen molar-refractivity contribution in [1.29, 1.82) is 0 Å². The first-order valence-electron chi connectivity index (χ1n) is 21.1. The number of ether oxygens (including phenoxy) is 2. The van der Waals surface area contributed by atoms with Crippen molar-refractivity contribution < 1.29 is 54.2 Å². The lowest BCUT2D eigenvalue weighted by molar-refractivity contribution is -0.226. The van der Waals surface area contributed by atoms with Gasteiger partial charge in [-0.05, 0) is 80.0 Å². The number of nitrogens with one attached hydrogen (secondary N) is 3. The molecule has 7 atom stereocenters. The number of benzene rings is 2. The predicted octanol–water partition coefficient (Wildman–Crippen LogP) is 2.40. The Morgan fingerprint density at radius 2 is 1.77 bits per heavy atom. The van der Waals surface area contributed by atoms with Crippen LogP contribution in [0.1, 0.15) is 102 Å². The van der Waals surface area contributed by atoms with Crippen molar-refractivity contribution >= 4 is 29.8 Å². The van der Waals surface area contributed by atoms with Gasteiger partial charge in [0.2, 0.25) is 11.8 Å². The molecule has 3 heterocycles. The lowest BCUT2D eigenvalue weighted by Gasteiger charge is -2.47. The number of carboxylic acid groups (broad SMARTS) is 1. The summed E-state index contributed by atoms with van der Waals surface area (Å²) in [6, 6.07) is 8.85. The van der Waals surface area contributed by atoms with Gasteiger partial charge in [0.25, 0.3) is 5.91 Å². The maximum atomic E-state index is 13.5. The Hall–Kier alpha value is -5.20. The monoisotopic (exact) mass is 846 g/mol. The number of carboxylic acids is 1. The second-order valence-electron chi connectivity index (χ2n) is 16.6. The van der Waals surface area contributed by atoms with Gasteiger partial charge in [-0.2, -0.15) is 0 Å². The van der Waals surface area contributed by atoms with E-state index in [0.717, 1.165) is 56.2 Å². The van der Waals surface area contributed by atoms with Gasteiger partial charge < -0.3 is 51.0 Å². The van der Waals surface area contributed by atoms with Gasteiger partial charge in [0.05, 0.1) is 36.5 Å². The van der Waals surface area contributed by atoms with Crippen LogP contribution in [0.4, 0.5) is 0 Å². The number of nitrogens with zero attached hydrogens (tertiary/aromatic N) is 3. The molecule has 61 heavy (non-hydrogen) atoms. The highest BCUT2D eigenvalue weighted by molar-refractivity contribution is 5.95. The first-order valence-corrected chi connectivity index (χ1v) is 21.1. The third kappa shape index (κ3) is 11.6. The van der Waals surface area contributed by atoms with Crippen LogP contribution in [0.3, 0.4) is 0 Å². The Morgan fingerprint density at radius 3 is 2.48 bits per heavy atom. The van der Waals surface area contributed by atoms with Crippen LogP contribution >= 0.6 is 0 Å². The zero-order valence-electron chi connectivity index (χ0n) is 34.7. The van der Waals surface area contributed by atoms with E-state index in [4.69, 9.17) is 9.47 Å². The second kappa shape index (κ2) is 20.6. The quantitative estimate of drug-likeness (QED) is 0.103. The molecular formula is C44H58N6O11. The van der Waals surface area contributed by atoms with E-state index in [1.165, 1.54) is 16.8 Å². The van der Waals surface area contributed by atoms with E-state index < -0.39 is 66.8 Å². The zero-order valence-corrected chi connectivity index (χ0v) is 34.7. The largest absolute Gasteiger partial charge is 0.507 e. The Kier molecular flexibility index (Phi) is 15.3. The Balaban J connectivity index is 1.16. The molecule has 3 fully saturated rings. The summed E-state index contributed by atoms with van der Waals surface area (Å²) in [5, 5.41) is 71.7. The summed E-state index contributed by atoms with van der Waals surface area (Å²) in [6.07, 6.45) is 4.19. The first kappa shape index (κ1) is 45.3. The van der Waals surface area contributed by atoms with Gasteiger partial charge in [-0.1, -0.05) is 54.8 Å². The minimum Gasteiger partial charge on any atom is -0.507 e. The SMILES string of the molecule is Cc1cc(C(=O)NC[C@@H](O)[C@@H](O)[C@@H]2O[C@@](C/C=C/c3cccc(CNC(=O)C4CCCOC4)c3)(C(=O)O)C[C@H](O)[C@H]2NC(=O)Cn2cc(C3CCCCC3)nn2)cc(C)c1O. The van der Waals surface area contributed by atoms with E-state index in [0.29, 0.717) is 29.9 Å². The summed E-state index contributed by atoms with van der Waals surface area (Å²) in [5.41, 5.74) is 1.33. The third-order valence-corrected chi connectivity index (χ3v) is 11.9. The number of amides is 3. The number of aromatic hydroxyl groups is 1. The van der Waals surface area contributed by atoms with Crippen LogP contribution in [0, 0.1) is 19.8 Å². The summed E-state index contributed by atoms with van der Waals surface area (Å²) in [5.74, 6) is -2.67. The molecule has 17 heteroatoms. The maximum Gasteiger partial charge on any atom is 0.336 e.